The minimum Gasteiger partial charge on any atom is -0.496 e. The zero-order chi connectivity index (χ0) is 13.0. The van der Waals surface area contributed by atoms with E-state index < -0.39 is 0 Å². The molecule has 100 valence electrons. The summed E-state index contributed by atoms with van der Waals surface area (Å²) in [4.78, 5) is 0. The third-order valence-electron chi connectivity index (χ3n) is 3.70. The van der Waals surface area contributed by atoms with E-state index in [4.69, 9.17) is 9.47 Å². The first-order chi connectivity index (χ1) is 8.69. The van der Waals surface area contributed by atoms with E-state index in [0.29, 0.717) is 0 Å². The van der Waals surface area contributed by atoms with Crippen LogP contribution in [0.15, 0.2) is 22.7 Å². The summed E-state index contributed by atoms with van der Waals surface area (Å²) < 4.78 is 12.0. The summed E-state index contributed by atoms with van der Waals surface area (Å²) in [5.41, 5.74) is 1.23. The number of hydrogen-bond acceptors (Lipinski definition) is 3. The molecule has 0 amide bonds. The molecule has 0 heterocycles. The van der Waals surface area contributed by atoms with Crippen molar-refractivity contribution in [3.63, 3.8) is 0 Å². The van der Waals surface area contributed by atoms with Gasteiger partial charge in [-0.15, -0.1) is 0 Å². The summed E-state index contributed by atoms with van der Waals surface area (Å²) in [6.07, 6.45) is 3.59. The van der Waals surface area contributed by atoms with Gasteiger partial charge in [0.25, 0.3) is 0 Å². The molecule has 2 rings (SSSR count). The van der Waals surface area contributed by atoms with Crippen LogP contribution in [0.1, 0.15) is 24.8 Å². The van der Waals surface area contributed by atoms with Crippen LogP contribution < -0.4 is 10.1 Å². The second-order valence-electron chi connectivity index (χ2n) is 4.80. The molecule has 1 N–H and O–H groups in total. The smallest absolute Gasteiger partial charge is 0.123 e. The maximum Gasteiger partial charge on any atom is 0.123 e. The van der Waals surface area contributed by atoms with Crippen LogP contribution in [0.25, 0.3) is 0 Å². The van der Waals surface area contributed by atoms with Crippen LogP contribution in [0.2, 0.25) is 0 Å². The lowest BCUT2D eigenvalue weighted by Crippen LogP contribution is -2.47. The quantitative estimate of drug-likeness (QED) is 0.875. The van der Waals surface area contributed by atoms with Crippen molar-refractivity contribution in [1.82, 2.24) is 5.32 Å². The zero-order valence-electron chi connectivity index (χ0n) is 11.0. The van der Waals surface area contributed by atoms with E-state index in [1.54, 1.807) is 14.2 Å². The van der Waals surface area contributed by atoms with E-state index in [9.17, 15) is 0 Å². The largest absolute Gasteiger partial charge is 0.496 e. The molecule has 1 saturated carbocycles. The van der Waals surface area contributed by atoms with Gasteiger partial charge in [0.2, 0.25) is 0 Å². The molecule has 1 aliphatic rings. The van der Waals surface area contributed by atoms with E-state index in [0.717, 1.165) is 41.7 Å². The molecule has 0 saturated heterocycles. The molecule has 18 heavy (non-hydrogen) atoms. The van der Waals surface area contributed by atoms with E-state index in [-0.39, 0.29) is 5.60 Å². The molecule has 0 bridgehead atoms. The average Bonchev–Trinajstić information content (AvgIpc) is 2.33. The molecule has 1 aromatic rings. The molecule has 4 heteroatoms. The topological polar surface area (TPSA) is 30.5 Å². The molecular formula is C14H20BrNO2. The van der Waals surface area contributed by atoms with Crippen molar-refractivity contribution in [1.29, 1.82) is 0 Å². The predicted molar refractivity (Wildman–Crippen MR) is 76.0 cm³/mol. The number of methoxy groups -OCH3 is 2. The Kier molecular flexibility index (Phi) is 4.65. The molecule has 1 fully saturated rings. The van der Waals surface area contributed by atoms with E-state index in [1.807, 2.05) is 12.1 Å². The van der Waals surface area contributed by atoms with E-state index in [2.05, 4.69) is 27.3 Å². The van der Waals surface area contributed by atoms with Crippen molar-refractivity contribution in [2.24, 2.45) is 0 Å². The minimum absolute atomic E-state index is 0.0687. The highest BCUT2D eigenvalue weighted by Crippen LogP contribution is 2.34. The van der Waals surface area contributed by atoms with Crippen LogP contribution in [-0.4, -0.2) is 26.4 Å². The third kappa shape index (κ3) is 3.05. The van der Waals surface area contributed by atoms with Gasteiger partial charge >= 0.3 is 0 Å². The van der Waals surface area contributed by atoms with Crippen molar-refractivity contribution in [2.45, 2.75) is 31.4 Å². The van der Waals surface area contributed by atoms with Crippen LogP contribution >= 0.6 is 15.9 Å². The van der Waals surface area contributed by atoms with E-state index >= 15 is 0 Å². The van der Waals surface area contributed by atoms with Crippen LogP contribution in [0, 0.1) is 0 Å². The van der Waals surface area contributed by atoms with Gasteiger partial charge in [0.1, 0.15) is 5.75 Å². The molecule has 1 aromatic carbocycles. The number of ether oxygens (including phenoxy) is 2. The second-order valence-corrected chi connectivity index (χ2v) is 5.72. The Morgan fingerprint density at radius 3 is 2.67 bits per heavy atom. The lowest BCUT2D eigenvalue weighted by atomic mass is 9.80. The van der Waals surface area contributed by atoms with Gasteiger partial charge in [-0.05, 0) is 37.5 Å². The fraction of sp³-hybridized carbons (Fsp3) is 0.571. The second kappa shape index (κ2) is 6.04. The SMILES string of the molecule is COc1ccc(Br)cc1CNCC1(OC)CCC1. The van der Waals surface area contributed by atoms with Gasteiger partial charge in [-0.2, -0.15) is 0 Å². The van der Waals surface area contributed by atoms with Crippen molar-refractivity contribution in [3.05, 3.63) is 28.2 Å². The normalized spacial score (nSPS) is 17.3. The number of benzene rings is 1. The molecule has 0 aliphatic heterocycles. The Morgan fingerprint density at radius 2 is 2.11 bits per heavy atom. The van der Waals surface area contributed by atoms with Crippen LogP contribution in [0.5, 0.6) is 5.75 Å². The molecule has 3 nitrogen and oxygen atoms in total. The van der Waals surface area contributed by atoms with Gasteiger partial charge in [0.15, 0.2) is 0 Å². The predicted octanol–water partition coefficient (Wildman–Crippen LogP) is 3.12. The maximum absolute atomic E-state index is 5.59. The average molecular weight is 314 g/mol. The van der Waals surface area contributed by atoms with Crippen molar-refractivity contribution in [2.75, 3.05) is 20.8 Å². The first kappa shape index (κ1) is 13.8. The highest BCUT2D eigenvalue weighted by Gasteiger charge is 2.36. The van der Waals surface area contributed by atoms with Gasteiger partial charge in [0.05, 0.1) is 12.7 Å². The highest BCUT2D eigenvalue weighted by atomic mass is 79.9. The Balaban J connectivity index is 1.91. The first-order valence-corrected chi connectivity index (χ1v) is 7.07. The zero-order valence-corrected chi connectivity index (χ0v) is 12.5. The van der Waals surface area contributed by atoms with Crippen molar-refractivity contribution in [3.8, 4) is 5.75 Å². The Bertz CT molecular complexity index is 399. The van der Waals surface area contributed by atoms with Crippen molar-refractivity contribution >= 4 is 15.9 Å². The van der Waals surface area contributed by atoms with Gasteiger partial charge in [-0.25, -0.2) is 0 Å². The highest BCUT2D eigenvalue weighted by molar-refractivity contribution is 9.10. The fourth-order valence-electron chi connectivity index (χ4n) is 2.33. The Hall–Kier alpha value is -0.580. The van der Waals surface area contributed by atoms with Crippen LogP contribution in [0.4, 0.5) is 0 Å². The molecule has 0 aromatic heterocycles. The summed E-state index contributed by atoms with van der Waals surface area (Å²) >= 11 is 3.49. The molecule has 0 radical (unpaired) electrons. The summed E-state index contributed by atoms with van der Waals surface area (Å²) in [6, 6.07) is 6.06. The van der Waals surface area contributed by atoms with Gasteiger partial charge in [0, 0.05) is 30.2 Å². The monoisotopic (exact) mass is 313 g/mol. The number of rotatable bonds is 6. The summed E-state index contributed by atoms with van der Waals surface area (Å²) in [7, 11) is 3.51. The Morgan fingerprint density at radius 1 is 1.33 bits per heavy atom. The molecule has 0 spiro atoms. The van der Waals surface area contributed by atoms with Crippen molar-refractivity contribution < 1.29 is 9.47 Å². The van der Waals surface area contributed by atoms with Gasteiger partial charge in [-0.1, -0.05) is 15.9 Å². The number of hydrogen-bond donors (Lipinski definition) is 1. The van der Waals surface area contributed by atoms with Gasteiger partial charge in [-0.3, -0.25) is 0 Å². The molecule has 0 unspecified atom stereocenters. The first-order valence-electron chi connectivity index (χ1n) is 6.27. The summed E-state index contributed by atoms with van der Waals surface area (Å²) in [5.74, 6) is 0.922. The molecule has 0 atom stereocenters. The lowest BCUT2D eigenvalue weighted by Gasteiger charge is -2.40. The minimum atomic E-state index is 0.0687. The fourth-order valence-corrected chi connectivity index (χ4v) is 2.74. The molecular weight excluding hydrogens is 294 g/mol. The lowest BCUT2D eigenvalue weighted by molar-refractivity contribution is -0.0695. The number of nitrogens with one attached hydrogen (secondary N) is 1. The number of halogens is 1. The summed E-state index contributed by atoms with van der Waals surface area (Å²) in [5, 5.41) is 3.47. The summed E-state index contributed by atoms with van der Waals surface area (Å²) in [6.45, 7) is 1.70. The van der Waals surface area contributed by atoms with Crippen LogP contribution in [-0.2, 0) is 11.3 Å². The van der Waals surface area contributed by atoms with Gasteiger partial charge < -0.3 is 14.8 Å². The Labute approximate surface area is 117 Å². The maximum atomic E-state index is 5.59. The molecule has 1 aliphatic carbocycles. The standard InChI is InChI=1S/C14H20BrNO2/c1-17-13-5-4-12(15)8-11(13)9-16-10-14(18-2)6-3-7-14/h4-5,8,16H,3,6-7,9-10H2,1-2H3. The van der Waals surface area contributed by atoms with E-state index in [1.165, 1.54) is 6.42 Å². The third-order valence-corrected chi connectivity index (χ3v) is 4.20. The van der Waals surface area contributed by atoms with Crippen LogP contribution in [0.3, 0.4) is 0 Å².